The van der Waals surface area contributed by atoms with Gasteiger partial charge in [0.25, 0.3) is 0 Å². The third kappa shape index (κ3) is 1.57. The molecule has 66 valence electrons. The molecule has 1 N–H and O–H groups in total. The molecule has 0 saturated carbocycles. The summed E-state index contributed by atoms with van der Waals surface area (Å²) >= 11 is 0. The van der Waals surface area contributed by atoms with Crippen LogP contribution in [0.2, 0.25) is 0 Å². The highest BCUT2D eigenvalue weighted by atomic mass is 16.5. The highest BCUT2D eigenvalue weighted by molar-refractivity contribution is 5.88. The number of carbonyl (C=O) groups is 1. The molecule has 1 aromatic heterocycles. The van der Waals surface area contributed by atoms with Crippen LogP contribution in [0.1, 0.15) is 0 Å². The van der Waals surface area contributed by atoms with Gasteiger partial charge in [0.05, 0.1) is 6.26 Å². The van der Waals surface area contributed by atoms with E-state index >= 15 is 0 Å². The normalized spacial score (nSPS) is 9.58. The number of hydrogen-bond acceptors (Lipinski definition) is 3. The molecule has 2 amide bonds. The van der Waals surface area contributed by atoms with Crippen molar-refractivity contribution in [1.82, 2.24) is 4.90 Å². The first-order valence-electron chi connectivity index (χ1n) is 3.35. The van der Waals surface area contributed by atoms with Crippen molar-refractivity contribution in [1.29, 1.82) is 0 Å². The van der Waals surface area contributed by atoms with Crippen molar-refractivity contribution in [3.05, 3.63) is 18.6 Å². The van der Waals surface area contributed by atoms with Crippen LogP contribution in [-0.4, -0.2) is 30.2 Å². The minimum atomic E-state index is -0.517. The monoisotopic (exact) mass is 170 g/mol. The Labute approximate surface area is 69.8 Å². The first-order chi connectivity index (χ1) is 5.63. The lowest BCUT2D eigenvalue weighted by Gasteiger charge is -2.17. The molecule has 0 radical (unpaired) electrons. The molecule has 0 aliphatic rings. The van der Waals surface area contributed by atoms with Crippen molar-refractivity contribution in [2.75, 3.05) is 19.2 Å². The quantitative estimate of drug-likeness (QED) is 0.508. The van der Waals surface area contributed by atoms with E-state index in [0.29, 0.717) is 10.8 Å². The number of hydroxylamine groups is 1. The summed E-state index contributed by atoms with van der Waals surface area (Å²) in [5, 5.41) is 9.75. The summed E-state index contributed by atoms with van der Waals surface area (Å²) in [5.74, 6) is 0. The molecule has 0 aliphatic heterocycles. The minimum absolute atomic E-state index is 0.314. The summed E-state index contributed by atoms with van der Waals surface area (Å²) in [4.78, 5) is 12.4. The fraction of sp³-hybridized carbons (Fsp3) is 0.286. The lowest BCUT2D eigenvalue weighted by molar-refractivity contribution is 0.182. The molecule has 5 heteroatoms. The lowest BCUT2D eigenvalue weighted by Crippen LogP contribution is -2.36. The second-order valence-corrected chi connectivity index (χ2v) is 2.47. The van der Waals surface area contributed by atoms with Gasteiger partial charge in [-0.05, 0) is 0 Å². The Morgan fingerprint density at radius 1 is 1.58 bits per heavy atom. The smallest absolute Gasteiger partial charge is 0.348 e. The van der Waals surface area contributed by atoms with E-state index in [1.54, 1.807) is 14.1 Å². The summed E-state index contributed by atoms with van der Waals surface area (Å²) in [6.07, 6.45) is 2.66. The second-order valence-electron chi connectivity index (χ2n) is 2.47. The van der Waals surface area contributed by atoms with E-state index in [9.17, 15) is 10.0 Å². The number of amides is 2. The van der Waals surface area contributed by atoms with Crippen molar-refractivity contribution in [2.24, 2.45) is 0 Å². The zero-order valence-electron chi connectivity index (χ0n) is 6.89. The number of hydrogen-bond donors (Lipinski definition) is 1. The highest BCUT2D eigenvalue weighted by Crippen LogP contribution is 2.12. The van der Waals surface area contributed by atoms with Gasteiger partial charge in [0.1, 0.15) is 12.0 Å². The van der Waals surface area contributed by atoms with Gasteiger partial charge in [0, 0.05) is 20.2 Å². The van der Waals surface area contributed by atoms with Crippen molar-refractivity contribution in [2.45, 2.75) is 0 Å². The van der Waals surface area contributed by atoms with Gasteiger partial charge in [-0.1, -0.05) is 0 Å². The molecule has 1 rings (SSSR count). The number of furan rings is 1. The average Bonchev–Trinajstić information content (AvgIpc) is 2.53. The van der Waals surface area contributed by atoms with Crippen LogP contribution in [-0.2, 0) is 0 Å². The van der Waals surface area contributed by atoms with Crippen molar-refractivity contribution in [3.63, 3.8) is 0 Å². The molecule has 0 spiro atoms. The van der Waals surface area contributed by atoms with Crippen LogP contribution in [0.25, 0.3) is 0 Å². The summed E-state index contributed by atoms with van der Waals surface area (Å²) in [6.45, 7) is 0. The first-order valence-corrected chi connectivity index (χ1v) is 3.35. The molecule has 12 heavy (non-hydrogen) atoms. The third-order valence-corrected chi connectivity index (χ3v) is 1.31. The highest BCUT2D eigenvalue weighted by Gasteiger charge is 2.15. The molecule has 5 nitrogen and oxygen atoms in total. The van der Waals surface area contributed by atoms with Gasteiger partial charge in [0.2, 0.25) is 0 Å². The summed E-state index contributed by atoms with van der Waals surface area (Å²) in [5.41, 5.74) is 0.314. The van der Waals surface area contributed by atoms with Crippen molar-refractivity contribution >= 4 is 11.7 Å². The molecule has 1 aromatic rings. The number of urea groups is 1. The zero-order chi connectivity index (χ0) is 9.14. The molecule has 0 aromatic carbocycles. The molecule has 0 saturated heterocycles. The Morgan fingerprint density at radius 2 is 2.25 bits per heavy atom. The van der Waals surface area contributed by atoms with Gasteiger partial charge < -0.3 is 9.32 Å². The molecule has 0 bridgehead atoms. The molecule has 0 aliphatic carbocycles. The fourth-order valence-corrected chi connectivity index (χ4v) is 0.678. The second kappa shape index (κ2) is 3.27. The van der Waals surface area contributed by atoms with Crippen LogP contribution < -0.4 is 5.06 Å². The largest absolute Gasteiger partial charge is 0.470 e. The van der Waals surface area contributed by atoms with Gasteiger partial charge in [0.15, 0.2) is 0 Å². The standard InChI is InChI=1S/C7H10N2O3/c1-8(2)7(10)9(11)6-3-4-12-5-6/h3-5,11H,1-2H3. The van der Waals surface area contributed by atoms with E-state index in [4.69, 9.17) is 4.42 Å². The summed E-state index contributed by atoms with van der Waals surface area (Å²) in [6, 6.07) is 0.970. The molecule has 1 heterocycles. The number of rotatable bonds is 1. The molecular weight excluding hydrogens is 160 g/mol. The van der Waals surface area contributed by atoms with Gasteiger partial charge in [-0.3, -0.25) is 5.21 Å². The maximum absolute atomic E-state index is 11.1. The molecule has 0 unspecified atom stereocenters. The Morgan fingerprint density at radius 3 is 2.67 bits per heavy atom. The fourth-order valence-electron chi connectivity index (χ4n) is 0.678. The van der Waals surface area contributed by atoms with Crippen LogP contribution in [0.5, 0.6) is 0 Å². The van der Waals surface area contributed by atoms with E-state index in [2.05, 4.69) is 0 Å². The van der Waals surface area contributed by atoms with Crippen LogP contribution in [0, 0.1) is 0 Å². The van der Waals surface area contributed by atoms with Gasteiger partial charge >= 0.3 is 6.03 Å². The van der Waals surface area contributed by atoms with E-state index in [-0.39, 0.29) is 0 Å². The van der Waals surface area contributed by atoms with E-state index in [1.165, 1.54) is 23.5 Å². The SMILES string of the molecule is CN(C)C(=O)N(O)c1ccoc1. The number of anilines is 1. The molecular formula is C7H10N2O3. The van der Waals surface area contributed by atoms with Crippen LogP contribution in [0.15, 0.2) is 23.0 Å². The van der Waals surface area contributed by atoms with E-state index in [1.807, 2.05) is 0 Å². The Hall–Kier alpha value is -1.49. The summed E-state index contributed by atoms with van der Waals surface area (Å²) in [7, 11) is 3.09. The van der Waals surface area contributed by atoms with Crippen LogP contribution in [0.4, 0.5) is 10.5 Å². The predicted octanol–water partition coefficient (Wildman–Crippen LogP) is 1.16. The zero-order valence-corrected chi connectivity index (χ0v) is 6.89. The molecule has 0 fully saturated rings. The minimum Gasteiger partial charge on any atom is -0.470 e. The molecule has 0 atom stereocenters. The van der Waals surface area contributed by atoms with Crippen LogP contribution in [0.3, 0.4) is 0 Å². The van der Waals surface area contributed by atoms with Gasteiger partial charge in [-0.2, -0.15) is 5.06 Å². The maximum Gasteiger partial charge on any atom is 0.348 e. The van der Waals surface area contributed by atoms with Crippen molar-refractivity contribution in [3.8, 4) is 0 Å². The Balaban J connectivity index is 2.72. The average molecular weight is 170 g/mol. The Kier molecular flexibility index (Phi) is 2.35. The van der Waals surface area contributed by atoms with Crippen LogP contribution >= 0.6 is 0 Å². The first kappa shape index (κ1) is 8.61. The van der Waals surface area contributed by atoms with Gasteiger partial charge in [-0.15, -0.1) is 0 Å². The maximum atomic E-state index is 11.1. The topological polar surface area (TPSA) is 56.9 Å². The lowest BCUT2D eigenvalue weighted by atomic mass is 10.5. The van der Waals surface area contributed by atoms with E-state index in [0.717, 1.165) is 0 Å². The summed E-state index contributed by atoms with van der Waals surface area (Å²) < 4.78 is 4.69. The third-order valence-electron chi connectivity index (χ3n) is 1.31. The van der Waals surface area contributed by atoms with E-state index < -0.39 is 6.03 Å². The Bertz CT molecular complexity index is 256. The number of nitrogens with zero attached hydrogens (tertiary/aromatic N) is 2. The van der Waals surface area contributed by atoms with Gasteiger partial charge in [-0.25, -0.2) is 4.79 Å². The van der Waals surface area contributed by atoms with Crippen molar-refractivity contribution < 1.29 is 14.4 Å². The predicted molar refractivity (Wildman–Crippen MR) is 42.1 cm³/mol. The number of carbonyl (C=O) groups excluding carboxylic acids is 1.